The summed E-state index contributed by atoms with van der Waals surface area (Å²) in [5.74, 6) is -1.43. The molecule has 0 saturated carbocycles. The van der Waals surface area contributed by atoms with Gasteiger partial charge in [-0.05, 0) is 77.6 Å². The van der Waals surface area contributed by atoms with E-state index in [4.69, 9.17) is 47.0 Å². The van der Waals surface area contributed by atoms with Crippen LogP contribution in [0.15, 0.2) is 42.5 Å². The first-order valence-corrected chi connectivity index (χ1v) is 10.2. The van der Waals surface area contributed by atoms with Crippen molar-refractivity contribution in [2.24, 2.45) is 0 Å². The molecule has 144 valence electrons. The van der Waals surface area contributed by atoms with Crippen molar-refractivity contribution in [3.63, 3.8) is 0 Å². The molecule has 2 aromatic rings. The molecule has 0 bridgehead atoms. The summed E-state index contributed by atoms with van der Waals surface area (Å²) in [6.07, 6.45) is -1.20. The van der Waals surface area contributed by atoms with Gasteiger partial charge in [-0.25, -0.2) is 4.39 Å². The lowest BCUT2D eigenvalue weighted by Gasteiger charge is -2.28. The summed E-state index contributed by atoms with van der Waals surface area (Å²) in [6, 6.07) is 11.2. The van der Waals surface area contributed by atoms with Gasteiger partial charge in [-0.15, -0.1) is 0 Å². The number of nitrogens with one attached hydrogen (secondary N) is 3. The Morgan fingerprint density at radius 1 is 1.19 bits per heavy atom. The average Bonchev–Trinajstić information content (AvgIpc) is 2.56. The molecule has 0 heterocycles. The Balaban J connectivity index is 2.11. The molecule has 0 aliphatic rings. The molecule has 0 spiro atoms. The van der Waals surface area contributed by atoms with E-state index in [9.17, 15) is 9.18 Å². The van der Waals surface area contributed by atoms with Gasteiger partial charge in [-0.1, -0.05) is 46.9 Å². The zero-order valence-electron chi connectivity index (χ0n) is 13.8. The van der Waals surface area contributed by atoms with Gasteiger partial charge in [0.25, 0.3) is 5.91 Å². The number of carbonyl (C=O) groups excluding carboxylic acids is 1. The smallest absolute Gasteiger partial charge is 0.255 e. The van der Waals surface area contributed by atoms with E-state index in [0.717, 1.165) is 14.8 Å². The number of hydrogen-bond acceptors (Lipinski definition) is 2. The van der Waals surface area contributed by atoms with Crippen LogP contribution in [0.5, 0.6) is 0 Å². The number of rotatable bonds is 4. The number of benzene rings is 2. The number of halogens is 5. The summed E-state index contributed by atoms with van der Waals surface area (Å²) < 4.78 is 12.9. The molecule has 0 aliphatic heterocycles. The van der Waals surface area contributed by atoms with Crippen LogP contribution in [0.1, 0.15) is 15.9 Å². The molecule has 0 saturated heterocycles. The van der Waals surface area contributed by atoms with Gasteiger partial charge >= 0.3 is 0 Å². The summed E-state index contributed by atoms with van der Waals surface area (Å²) >= 11 is 25.3. The Morgan fingerprint density at radius 2 is 1.85 bits per heavy atom. The zero-order valence-corrected chi connectivity index (χ0v) is 19.1. The van der Waals surface area contributed by atoms with E-state index in [1.807, 2.05) is 25.1 Å². The molecule has 1 unspecified atom stereocenters. The number of hydrogen-bond donors (Lipinski definition) is 3. The van der Waals surface area contributed by atoms with Gasteiger partial charge in [0.2, 0.25) is 3.79 Å². The fraction of sp³-hybridized carbons (Fsp3) is 0.176. The molecule has 0 aromatic heterocycles. The minimum absolute atomic E-state index is 0.129. The number of alkyl halides is 3. The molecule has 27 heavy (non-hydrogen) atoms. The van der Waals surface area contributed by atoms with E-state index in [2.05, 4.69) is 38.5 Å². The van der Waals surface area contributed by atoms with Crippen LogP contribution >= 0.6 is 69.6 Å². The molecule has 4 nitrogen and oxygen atoms in total. The number of amides is 1. The third-order valence-corrected chi connectivity index (χ3v) is 4.98. The summed E-state index contributed by atoms with van der Waals surface area (Å²) in [4.78, 5) is 12.3. The normalized spacial score (nSPS) is 12.2. The lowest BCUT2D eigenvalue weighted by Crippen LogP contribution is -2.56. The Labute approximate surface area is 190 Å². The fourth-order valence-electron chi connectivity index (χ4n) is 2.11. The second kappa shape index (κ2) is 9.56. The van der Waals surface area contributed by atoms with Crippen molar-refractivity contribution in [3.8, 4) is 0 Å². The van der Waals surface area contributed by atoms with Crippen LogP contribution in [0, 0.1) is 16.3 Å². The van der Waals surface area contributed by atoms with Crippen molar-refractivity contribution in [1.29, 1.82) is 0 Å². The standard InChI is InChI=1S/C17H14Cl3FIN3OS/c1-9-8-10(22)6-7-13(9)23-16(27)25-15(17(18,19)20)24-14(26)11-4-2-3-5-12(11)21/h2-8,15H,1H3,(H,24,26)(H2,23,25,27). The molecule has 10 heteroatoms. The Morgan fingerprint density at radius 3 is 2.44 bits per heavy atom. The van der Waals surface area contributed by atoms with E-state index < -0.39 is 21.7 Å². The molecule has 1 amide bonds. The van der Waals surface area contributed by atoms with Gasteiger partial charge in [0.1, 0.15) is 12.0 Å². The van der Waals surface area contributed by atoms with E-state index in [1.54, 1.807) is 0 Å². The highest BCUT2D eigenvalue weighted by molar-refractivity contribution is 14.1. The summed E-state index contributed by atoms with van der Waals surface area (Å²) in [5.41, 5.74) is 1.55. The highest BCUT2D eigenvalue weighted by Gasteiger charge is 2.35. The largest absolute Gasteiger partial charge is 0.339 e. The second-order valence-electron chi connectivity index (χ2n) is 5.49. The highest BCUT2D eigenvalue weighted by atomic mass is 127. The summed E-state index contributed by atoms with van der Waals surface area (Å²) in [6.45, 7) is 1.92. The van der Waals surface area contributed by atoms with E-state index in [0.29, 0.717) is 0 Å². The van der Waals surface area contributed by atoms with Gasteiger partial charge in [0.05, 0.1) is 5.56 Å². The molecule has 0 aliphatic carbocycles. The zero-order chi connectivity index (χ0) is 20.2. The van der Waals surface area contributed by atoms with E-state index in [1.165, 1.54) is 24.3 Å². The summed E-state index contributed by atoms with van der Waals surface area (Å²) in [5, 5.41) is 8.28. The van der Waals surface area contributed by atoms with Crippen molar-refractivity contribution < 1.29 is 9.18 Å². The van der Waals surface area contributed by atoms with Crippen LogP contribution in [0.25, 0.3) is 0 Å². The predicted molar refractivity (Wildman–Crippen MR) is 121 cm³/mol. The number of aryl methyl sites for hydroxylation is 1. The minimum Gasteiger partial charge on any atom is -0.339 e. The van der Waals surface area contributed by atoms with Crippen molar-refractivity contribution in [3.05, 3.63) is 63.0 Å². The Kier molecular flexibility index (Phi) is 7.94. The minimum atomic E-state index is -1.94. The topological polar surface area (TPSA) is 53.2 Å². The van der Waals surface area contributed by atoms with Crippen LogP contribution in [0.4, 0.5) is 10.1 Å². The third kappa shape index (κ3) is 6.60. The van der Waals surface area contributed by atoms with Crippen LogP contribution in [-0.4, -0.2) is 21.0 Å². The fourth-order valence-corrected chi connectivity index (χ4v) is 3.31. The molecular formula is C17H14Cl3FIN3OS. The SMILES string of the molecule is Cc1cc(I)ccc1NC(=S)NC(NC(=O)c1ccccc1F)C(Cl)(Cl)Cl. The first-order valence-electron chi connectivity index (χ1n) is 7.53. The van der Waals surface area contributed by atoms with Crippen molar-refractivity contribution >= 4 is 86.3 Å². The maximum atomic E-state index is 13.8. The maximum Gasteiger partial charge on any atom is 0.255 e. The third-order valence-electron chi connectivity index (χ3n) is 3.43. The van der Waals surface area contributed by atoms with E-state index >= 15 is 0 Å². The van der Waals surface area contributed by atoms with Crippen molar-refractivity contribution in [2.45, 2.75) is 16.9 Å². The van der Waals surface area contributed by atoms with Crippen molar-refractivity contribution in [2.75, 3.05) is 5.32 Å². The average molecular weight is 561 g/mol. The van der Waals surface area contributed by atoms with Gasteiger partial charge in [0.15, 0.2) is 5.11 Å². The molecule has 2 aromatic carbocycles. The van der Waals surface area contributed by atoms with Crippen LogP contribution in [0.3, 0.4) is 0 Å². The van der Waals surface area contributed by atoms with Crippen LogP contribution < -0.4 is 16.0 Å². The Hall–Kier alpha value is -0.870. The number of carbonyl (C=O) groups is 1. The first kappa shape index (κ1) is 22.4. The van der Waals surface area contributed by atoms with Crippen LogP contribution in [0.2, 0.25) is 0 Å². The van der Waals surface area contributed by atoms with Crippen molar-refractivity contribution in [1.82, 2.24) is 10.6 Å². The predicted octanol–water partition coefficient (Wildman–Crippen LogP) is 5.15. The lowest BCUT2D eigenvalue weighted by atomic mass is 10.2. The monoisotopic (exact) mass is 559 g/mol. The Bertz CT molecular complexity index is 864. The van der Waals surface area contributed by atoms with Gasteiger partial charge < -0.3 is 16.0 Å². The molecule has 1 atom stereocenters. The van der Waals surface area contributed by atoms with Gasteiger partial charge in [-0.2, -0.15) is 0 Å². The molecule has 0 fully saturated rings. The first-order chi connectivity index (χ1) is 12.6. The van der Waals surface area contributed by atoms with E-state index in [-0.39, 0.29) is 10.7 Å². The maximum absolute atomic E-state index is 13.8. The van der Waals surface area contributed by atoms with Gasteiger partial charge in [0, 0.05) is 9.26 Å². The second-order valence-corrected chi connectivity index (χ2v) is 9.51. The molecular weight excluding hydrogens is 547 g/mol. The number of thiocarbonyl (C=S) groups is 1. The van der Waals surface area contributed by atoms with Crippen LogP contribution in [-0.2, 0) is 0 Å². The quantitative estimate of drug-likeness (QED) is 0.210. The summed E-state index contributed by atoms with van der Waals surface area (Å²) in [7, 11) is 0. The molecule has 3 N–H and O–H groups in total. The highest BCUT2D eigenvalue weighted by Crippen LogP contribution is 2.29. The molecule has 0 radical (unpaired) electrons. The molecule has 2 rings (SSSR count). The number of anilines is 1. The lowest BCUT2D eigenvalue weighted by molar-refractivity contribution is 0.0930. The van der Waals surface area contributed by atoms with Gasteiger partial charge in [-0.3, -0.25) is 4.79 Å².